The molecule has 5 heteroatoms. The summed E-state index contributed by atoms with van der Waals surface area (Å²) < 4.78 is 10.3. The monoisotopic (exact) mass is 802 g/mol. The van der Waals surface area contributed by atoms with Gasteiger partial charge in [0.05, 0.1) is 10.2 Å². The fourth-order valence-electron chi connectivity index (χ4n) is 8.60. The molecular formula is C55H34N2OS2. The Kier molecular flexibility index (Phi) is 8.22. The first kappa shape index (κ1) is 34.7. The van der Waals surface area contributed by atoms with Crippen molar-refractivity contribution in [2.75, 3.05) is 4.90 Å². The highest BCUT2D eigenvalue weighted by atomic mass is 32.1. The Morgan fingerprint density at radius 1 is 0.383 bits per heavy atom. The minimum Gasteiger partial charge on any atom is -0.456 e. The van der Waals surface area contributed by atoms with Crippen molar-refractivity contribution >= 4 is 92.1 Å². The van der Waals surface area contributed by atoms with E-state index in [0.29, 0.717) is 0 Å². The first-order valence-corrected chi connectivity index (χ1v) is 21.7. The number of anilines is 3. The number of hydrogen-bond acceptors (Lipinski definition) is 5. The smallest absolute Gasteiger partial charge is 0.137 e. The normalized spacial score (nSPS) is 11.7. The summed E-state index contributed by atoms with van der Waals surface area (Å²) in [6.45, 7) is 0. The molecule has 0 saturated heterocycles. The highest BCUT2D eigenvalue weighted by Crippen LogP contribution is 2.44. The van der Waals surface area contributed by atoms with Crippen LogP contribution in [0.15, 0.2) is 211 Å². The van der Waals surface area contributed by atoms with Crippen molar-refractivity contribution in [1.29, 1.82) is 0 Å². The molecule has 3 heterocycles. The largest absolute Gasteiger partial charge is 0.456 e. The molecule has 12 aromatic rings. The van der Waals surface area contributed by atoms with E-state index in [1.165, 1.54) is 42.4 Å². The summed E-state index contributed by atoms with van der Waals surface area (Å²) >= 11 is 3.59. The molecule has 0 aliphatic carbocycles. The van der Waals surface area contributed by atoms with Crippen LogP contribution in [0.25, 0.3) is 96.3 Å². The number of thiophene rings is 1. The topological polar surface area (TPSA) is 29.3 Å². The zero-order valence-corrected chi connectivity index (χ0v) is 33.9. The number of furan rings is 1. The molecule has 0 saturated carbocycles. The van der Waals surface area contributed by atoms with Gasteiger partial charge in [-0.15, -0.1) is 22.7 Å². The van der Waals surface area contributed by atoms with Crippen molar-refractivity contribution in [3.8, 4) is 44.0 Å². The second-order valence-electron chi connectivity index (χ2n) is 15.1. The SMILES string of the molecule is c1ccc(-c2ccc(N(c3ccc(-c4ccc5c(c4)oc4ccc6nc(-c7ccccc7)sc6c45)cc3)c3cccc(-c4cccc5c4sc4ccccc45)c3)cc2)cc1. The van der Waals surface area contributed by atoms with Crippen molar-refractivity contribution in [3.63, 3.8) is 0 Å². The molecule has 12 rings (SSSR count). The minimum absolute atomic E-state index is 0.874. The number of hydrogen-bond donors (Lipinski definition) is 0. The van der Waals surface area contributed by atoms with Gasteiger partial charge in [-0.3, -0.25) is 0 Å². The number of rotatable bonds is 7. The average Bonchev–Trinajstić information content (AvgIpc) is 4.04. The Bertz CT molecular complexity index is 3530. The maximum Gasteiger partial charge on any atom is 0.137 e. The van der Waals surface area contributed by atoms with Gasteiger partial charge < -0.3 is 9.32 Å². The minimum atomic E-state index is 0.874. The number of thiazole rings is 1. The van der Waals surface area contributed by atoms with Gasteiger partial charge in [0.25, 0.3) is 0 Å². The highest BCUT2D eigenvalue weighted by Gasteiger charge is 2.18. The Morgan fingerprint density at radius 3 is 1.80 bits per heavy atom. The van der Waals surface area contributed by atoms with Crippen LogP contribution in [0.4, 0.5) is 17.1 Å². The van der Waals surface area contributed by atoms with Crippen LogP contribution < -0.4 is 4.90 Å². The summed E-state index contributed by atoms with van der Waals surface area (Å²) in [4.78, 5) is 7.34. The highest BCUT2D eigenvalue weighted by molar-refractivity contribution is 7.26. The van der Waals surface area contributed by atoms with E-state index in [1.807, 2.05) is 17.4 Å². The second kappa shape index (κ2) is 14.2. The Balaban J connectivity index is 0.932. The lowest BCUT2D eigenvalue weighted by molar-refractivity contribution is 0.669. The average molecular weight is 803 g/mol. The van der Waals surface area contributed by atoms with Crippen molar-refractivity contribution in [3.05, 3.63) is 206 Å². The molecule has 9 aromatic carbocycles. The number of aromatic nitrogens is 1. The molecule has 3 aromatic heterocycles. The molecular weight excluding hydrogens is 769 g/mol. The molecule has 60 heavy (non-hydrogen) atoms. The van der Waals surface area contributed by atoms with E-state index in [-0.39, 0.29) is 0 Å². The van der Waals surface area contributed by atoms with E-state index in [1.54, 1.807) is 11.3 Å². The summed E-state index contributed by atoms with van der Waals surface area (Å²) in [5.41, 5.74) is 14.2. The van der Waals surface area contributed by atoms with Gasteiger partial charge in [-0.05, 0) is 100 Å². The fraction of sp³-hybridized carbons (Fsp3) is 0. The predicted molar refractivity (Wildman–Crippen MR) is 256 cm³/mol. The zero-order valence-electron chi connectivity index (χ0n) is 32.2. The van der Waals surface area contributed by atoms with Gasteiger partial charge in [0.1, 0.15) is 16.2 Å². The maximum atomic E-state index is 6.52. The lowest BCUT2D eigenvalue weighted by Gasteiger charge is -2.26. The van der Waals surface area contributed by atoms with E-state index in [4.69, 9.17) is 9.40 Å². The lowest BCUT2D eigenvalue weighted by Crippen LogP contribution is -2.10. The third-order valence-corrected chi connectivity index (χ3v) is 13.9. The van der Waals surface area contributed by atoms with Crippen LogP contribution in [0, 0.1) is 0 Å². The van der Waals surface area contributed by atoms with Crippen molar-refractivity contribution < 1.29 is 4.42 Å². The molecule has 0 fully saturated rings. The molecule has 0 atom stereocenters. The van der Waals surface area contributed by atoms with Crippen LogP contribution in [-0.2, 0) is 0 Å². The van der Waals surface area contributed by atoms with Gasteiger partial charge >= 0.3 is 0 Å². The predicted octanol–water partition coefficient (Wildman–Crippen LogP) is 16.7. The molecule has 0 unspecified atom stereocenters. The van der Waals surface area contributed by atoms with Crippen LogP contribution in [0.5, 0.6) is 0 Å². The summed E-state index contributed by atoms with van der Waals surface area (Å²) in [5.74, 6) is 0. The van der Waals surface area contributed by atoms with E-state index in [9.17, 15) is 0 Å². The molecule has 0 amide bonds. The van der Waals surface area contributed by atoms with Gasteiger partial charge in [-0.1, -0.05) is 140 Å². The summed E-state index contributed by atoms with van der Waals surface area (Å²) in [6, 6.07) is 73.8. The molecule has 0 spiro atoms. The van der Waals surface area contributed by atoms with Crippen LogP contribution in [0.1, 0.15) is 0 Å². The Hall–Kier alpha value is -7.31. The third kappa shape index (κ3) is 5.90. The van der Waals surface area contributed by atoms with Gasteiger partial charge in [0.15, 0.2) is 0 Å². The standard InChI is InChI=1S/C55H34N2OS2/c1-3-11-35(12-4-1)36-21-26-41(27-22-36)57(43-16-9-15-40(33-43)44-18-10-19-46-45-17-7-8-20-51(45)59-53(44)46)42-28-23-37(24-29-42)39-25-30-47-50(34-39)58-49-32-31-48-54(52(47)49)60-55(56-48)38-13-5-2-6-14-38/h1-34H. The van der Waals surface area contributed by atoms with Crippen molar-refractivity contribution in [2.45, 2.75) is 0 Å². The summed E-state index contributed by atoms with van der Waals surface area (Å²) in [6.07, 6.45) is 0. The summed E-state index contributed by atoms with van der Waals surface area (Å²) in [7, 11) is 0. The maximum absolute atomic E-state index is 6.52. The molecule has 282 valence electrons. The molecule has 0 N–H and O–H groups in total. The second-order valence-corrected chi connectivity index (χ2v) is 17.2. The van der Waals surface area contributed by atoms with Crippen LogP contribution in [0.2, 0.25) is 0 Å². The quantitative estimate of drug-likeness (QED) is 0.161. The Labute approximate surface area is 354 Å². The molecule has 0 aliphatic rings. The number of nitrogens with zero attached hydrogens (tertiary/aromatic N) is 2. The zero-order chi connectivity index (χ0) is 39.6. The number of benzene rings is 9. The van der Waals surface area contributed by atoms with Gasteiger partial charge in [-0.2, -0.15) is 0 Å². The van der Waals surface area contributed by atoms with E-state index in [2.05, 4.69) is 205 Å². The van der Waals surface area contributed by atoms with Gasteiger partial charge in [0.2, 0.25) is 0 Å². The van der Waals surface area contributed by atoms with Gasteiger partial charge in [-0.25, -0.2) is 4.98 Å². The molecule has 0 radical (unpaired) electrons. The van der Waals surface area contributed by atoms with E-state index >= 15 is 0 Å². The van der Waals surface area contributed by atoms with E-state index in [0.717, 1.165) is 70.9 Å². The Morgan fingerprint density at radius 2 is 1.02 bits per heavy atom. The number of fused-ring (bicyclic) bond motifs is 8. The molecule has 3 nitrogen and oxygen atoms in total. The lowest BCUT2D eigenvalue weighted by atomic mass is 10.0. The van der Waals surface area contributed by atoms with Crippen molar-refractivity contribution in [2.24, 2.45) is 0 Å². The van der Waals surface area contributed by atoms with Crippen LogP contribution >= 0.6 is 22.7 Å². The summed E-state index contributed by atoms with van der Waals surface area (Å²) in [5, 5.41) is 5.87. The van der Waals surface area contributed by atoms with Gasteiger partial charge in [0, 0.05) is 53.6 Å². The van der Waals surface area contributed by atoms with E-state index < -0.39 is 0 Å². The fourth-order valence-corrected chi connectivity index (χ4v) is 11.0. The van der Waals surface area contributed by atoms with Crippen LogP contribution in [-0.4, -0.2) is 4.98 Å². The van der Waals surface area contributed by atoms with Crippen LogP contribution in [0.3, 0.4) is 0 Å². The molecule has 0 aliphatic heterocycles. The third-order valence-electron chi connectivity index (χ3n) is 11.5. The van der Waals surface area contributed by atoms with Crippen molar-refractivity contribution in [1.82, 2.24) is 4.98 Å². The molecule has 0 bridgehead atoms. The first-order chi connectivity index (χ1) is 29.7. The first-order valence-electron chi connectivity index (χ1n) is 20.1.